The molecule has 10 aromatic carbocycles. The highest BCUT2D eigenvalue weighted by Gasteiger charge is 2.25. The molecule has 0 spiro atoms. The quantitative estimate of drug-likeness (QED) is 0.164. The van der Waals surface area contributed by atoms with Crippen LogP contribution in [0.1, 0.15) is 0 Å². The maximum atomic E-state index is 2.51. The Morgan fingerprint density at radius 1 is 0.250 bits per heavy atom. The lowest BCUT2D eigenvalue weighted by Crippen LogP contribution is -1.96. The van der Waals surface area contributed by atoms with E-state index < -0.39 is 0 Å². The van der Waals surface area contributed by atoms with Crippen molar-refractivity contribution in [3.8, 4) is 11.4 Å². The van der Waals surface area contributed by atoms with Crippen molar-refractivity contribution in [3.05, 3.63) is 182 Å². The monoisotopic (exact) mass is 658 g/mol. The normalized spacial score (nSPS) is 12.2. The predicted molar refractivity (Wildman–Crippen MR) is 223 cm³/mol. The van der Waals surface area contributed by atoms with Gasteiger partial charge in [0.15, 0.2) is 0 Å². The molecule has 0 aliphatic heterocycles. The van der Waals surface area contributed by atoms with Crippen molar-refractivity contribution in [2.24, 2.45) is 0 Å². The van der Waals surface area contributed by atoms with Gasteiger partial charge in [-0.15, -0.1) is 0 Å². The number of aromatic nitrogens is 2. The average molecular weight is 659 g/mol. The van der Waals surface area contributed by atoms with Gasteiger partial charge in [0.1, 0.15) is 0 Å². The first-order valence-electron chi connectivity index (χ1n) is 18.0. The standard InChI is InChI=1S/C50H30N2/c1-3-15-33-29-35(27-25-31(33)13-1)51-43-23-11-9-21-41(43)47-45-38-18-6-8-20-40(38)50-48(46(45)37-17-5-7-19-39(37)49(47)51)42-22-10-12-24-44(42)52(50)36-28-26-32-14-2-4-16-34(32)30-36/h1-30H. The van der Waals surface area contributed by atoms with Crippen LogP contribution < -0.4 is 0 Å². The second-order valence-corrected chi connectivity index (χ2v) is 14.1. The van der Waals surface area contributed by atoms with Crippen LogP contribution in [0.2, 0.25) is 0 Å². The SMILES string of the molecule is c1ccc2cc(-n3c4ccccc4c4c5c6ccccc6c6c(c7ccccc7n6-c6ccc7ccccc7c6)c5c5ccccc5c43)ccc2c1. The van der Waals surface area contributed by atoms with Crippen molar-refractivity contribution in [3.63, 3.8) is 0 Å². The summed E-state index contributed by atoms with van der Waals surface area (Å²) in [6.07, 6.45) is 0. The zero-order valence-electron chi connectivity index (χ0n) is 28.2. The highest BCUT2D eigenvalue weighted by Crippen LogP contribution is 2.50. The zero-order valence-corrected chi connectivity index (χ0v) is 28.2. The molecule has 2 nitrogen and oxygen atoms in total. The molecule has 2 aromatic heterocycles. The van der Waals surface area contributed by atoms with Crippen LogP contribution in [0.4, 0.5) is 0 Å². The molecule has 0 radical (unpaired) electrons. The Hall–Kier alpha value is -6.90. The van der Waals surface area contributed by atoms with Gasteiger partial charge in [0.25, 0.3) is 0 Å². The van der Waals surface area contributed by atoms with E-state index in [0.717, 1.165) is 0 Å². The van der Waals surface area contributed by atoms with Gasteiger partial charge in [-0.05, 0) is 68.7 Å². The van der Waals surface area contributed by atoms with Gasteiger partial charge in [0, 0.05) is 54.5 Å². The molecule has 0 unspecified atom stereocenters. The Morgan fingerprint density at radius 3 is 1.04 bits per heavy atom. The minimum Gasteiger partial charge on any atom is -0.309 e. The average Bonchev–Trinajstić information content (AvgIpc) is 3.75. The maximum Gasteiger partial charge on any atom is 0.0626 e. The Labute approximate surface area is 299 Å². The maximum absolute atomic E-state index is 2.51. The first-order chi connectivity index (χ1) is 25.8. The number of hydrogen-bond acceptors (Lipinski definition) is 0. The Morgan fingerprint density at radius 2 is 0.596 bits per heavy atom. The fourth-order valence-corrected chi connectivity index (χ4v) is 9.27. The van der Waals surface area contributed by atoms with E-state index in [0.29, 0.717) is 0 Å². The van der Waals surface area contributed by atoms with Gasteiger partial charge in [-0.25, -0.2) is 0 Å². The van der Waals surface area contributed by atoms with E-state index in [1.165, 1.54) is 109 Å². The molecule has 0 saturated heterocycles. The summed E-state index contributed by atoms with van der Waals surface area (Å²) in [5, 5.41) is 17.8. The predicted octanol–water partition coefficient (Wildman–Crippen LogP) is 13.6. The molecule has 12 aromatic rings. The third kappa shape index (κ3) is 3.63. The van der Waals surface area contributed by atoms with Crippen LogP contribution in [-0.2, 0) is 0 Å². The van der Waals surface area contributed by atoms with Crippen molar-refractivity contribution in [1.29, 1.82) is 0 Å². The molecular formula is C50H30N2. The van der Waals surface area contributed by atoms with Crippen LogP contribution in [0.25, 0.3) is 109 Å². The summed E-state index contributed by atoms with van der Waals surface area (Å²) in [6.45, 7) is 0. The van der Waals surface area contributed by atoms with E-state index in [-0.39, 0.29) is 0 Å². The number of rotatable bonds is 2. The number of hydrogen-bond donors (Lipinski definition) is 0. The number of fused-ring (bicyclic) bond motifs is 17. The number of para-hydroxylation sites is 2. The highest BCUT2D eigenvalue weighted by atomic mass is 15.0. The summed E-state index contributed by atoms with van der Waals surface area (Å²) < 4.78 is 5.02. The number of nitrogens with zero attached hydrogens (tertiary/aromatic N) is 2. The molecule has 12 rings (SSSR count). The molecule has 0 bridgehead atoms. The minimum absolute atomic E-state index is 1.17. The van der Waals surface area contributed by atoms with Crippen molar-refractivity contribution in [2.75, 3.05) is 0 Å². The lowest BCUT2D eigenvalue weighted by atomic mass is 9.89. The van der Waals surface area contributed by atoms with Crippen molar-refractivity contribution in [1.82, 2.24) is 9.13 Å². The molecule has 2 heterocycles. The minimum atomic E-state index is 1.17. The van der Waals surface area contributed by atoms with E-state index in [2.05, 4.69) is 191 Å². The molecule has 2 heteroatoms. The lowest BCUT2D eigenvalue weighted by molar-refractivity contribution is 1.19. The Kier molecular flexibility index (Phi) is 5.53. The topological polar surface area (TPSA) is 9.86 Å². The van der Waals surface area contributed by atoms with Crippen LogP contribution in [0.3, 0.4) is 0 Å². The fraction of sp³-hybridized carbons (Fsp3) is 0. The van der Waals surface area contributed by atoms with E-state index in [1.807, 2.05) is 0 Å². The van der Waals surface area contributed by atoms with E-state index >= 15 is 0 Å². The van der Waals surface area contributed by atoms with Gasteiger partial charge < -0.3 is 9.13 Å². The Bertz CT molecular complexity index is 3240. The Balaban J connectivity index is 1.36. The van der Waals surface area contributed by atoms with Crippen LogP contribution in [0.15, 0.2) is 182 Å². The van der Waals surface area contributed by atoms with Gasteiger partial charge in [-0.2, -0.15) is 0 Å². The summed E-state index contributed by atoms with van der Waals surface area (Å²) in [5.41, 5.74) is 7.28. The van der Waals surface area contributed by atoms with Crippen LogP contribution in [-0.4, -0.2) is 9.13 Å². The smallest absolute Gasteiger partial charge is 0.0626 e. The van der Waals surface area contributed by atoms with Crippen molar-refractivity contribution in [2.45, 2.75) is 0 Å². The van der Waals surface area contributed by atoms with E-state index in [4.69, 9.17) is 0 Å². The molecule has 0 aliphatic rings. The van der Waals surface area contributed by atoms with Gasteiger partial charge in [-0.1, -0.05) is 146 Å². The summed E-state index contributed by atoms with van der Waals surface area (Å²) in [6, 6.07) is 67.2. The fourth-order valence-electron chi connectivity index (χ4n) is 9.27. The van der Waals surface area contributed by atoms with Gasteiger partial charge in [0.05, 0.1) is 22.1 Å². The molecule has 240 valence electrons. The highest BCUT2D eigenvalue weighted by molar-refractivity contribution is 6.45. The van der Waals surface area contributed by atoms with Gasteiger partial charge >= 0.3 is 0 Å². The summed E-state index contributed by atoms with van der Waals surface area (Å²) in [5.74, 6) is 0. The zero-order chi connectivity index (χ0) is 33.9. The molecule has 0 aliphatic carbocycles. The van der Waals surface area contributed by atoms with E-state index in [1.54, 1.807) is 0 Å². The first kappa shape index (κ1) is 27.9. The third-order valence-corrected chi connectivity index (χ3v) is 11.4. The molecule has 0 fully saturated rings. The second kappa shape index (κ2) is 10.3. The first-order valence-corrected chi connectivity index (χ1v) is 18.0. The van der Waals surface area contributed by atoms with Gasteiger partial charge in [-0.3, -0.25) is 0 Å². The van der Waals surface area contributed by atoms with Crippen molar-refractivity contribution < 1.29 is 0 Å². The lowest BCUT2D eigenvalue weighted by Gasteiger charge is -2.17. The number of benzene rings is 10. The largest absolute Gasteiger partial charge is 0.309 e. The van der Waals surface area contributed by atoms with Gasteiger partial charge in [0.2, 0.25) is 0 Å². The van der Waals surface area contributed by atoms with Crippen molar-refractivity contribution >= 4 is 97.5 Å². The van der Waals surface area contributed by atoms with Crippen LogP contribution in [0.5, 0.6) is 0 Å². The molecular weight excluding hydrogens is 629 g/mol. The third-order valence-electron chi connectivity index (χ3n) is 11.4. The molecule has 52 heavy (non-hydrogen) atoms. The molecule has 0 atom stereocenters. The van der Waals surface area contributed by atoms with Crippen LogP contribution >= 0.6 is 0 Å². The molecule has 0 N–H and O–H groups in total. The summed E-state index contributed by atoms with van der Waals surface area (Å²) in [7, 11) is 0. The molecule has 0 amide bonds. The summed E-state index contributed by atoms with van der Waals surface area (Å²) in [4.78, 5) is 0. The van der Waals surface area contributed by atoms with E-state index in [9.17, 15) is 0 Å². The molecule has 0 saturated carbocycles. The second-order valence-electron chi connectivity index (χ2n) is 14.1. The summed E-state index contributed by atoms with van der Waals surface area (Å²) >= 11 is 0. The van der Waals surface area contributed by atoms with Crippen LogP contribution in [0, 0.1) is 0 Å².